The van der Waals surface area contributed by atoms with Crippen molar-refractivity contribution >= 4 is 17.8 Å². The van der Waals surface area contributed by atoms with E-state index in [2.05, 4.69) is 15.2 Å². The maximum Gasteiger partial charge on any atom is 0.356 e. The number of nitrogens with one attached hydrogen (secondary N) is 1. The zero-order chi connectivity index (χ0) is 35.8. The number of pyridine rings is 1. The van der Waals surface area contributed by atoms with Crippen molar-refractivity contribution < 1.29 is 29.4 Å². The van der Waals surface area contributed by atoms with E-state index in [4.69, 9.17) is 4.74 Å². The van der Waals surface area contributed by atoms with Crippen LogP contribution in [0.15, 0.2) is 72.9 Å². The second-order valence-electron chi connectivity index (χ2n) is 14.5. The summed E-state index contributed by atoms with van der Waals surface area (Å²) in [5.41, 5.74) is 3.91. The van der Waals surface area contributed by atoms with Crippen molar-refractivity contribution in [1.82, 2.24) is 25.2 Å². The molecule has 11 heteroatoms. The monoisotopic (exact) mass is 685 g/mol. The van der Waals surface area contributed by atoms with Crippen LogP contribution in [-0.4, -0.2) is 104 Å². The van der Waals surface area contributed by atoms with Crippen LogP contribution in [0.5, 0.6) is 0 Å². The number of fused-ring (bicyclic) bond motifs is 1. The topological polar surface area (TPSA) is 136 Å². The number of hydrogen-bond acceptors (Lipinski definition) is 9. The van der Waals surface area contributed by atoms with Crippen molar-refractivity contribution in [3.05, 3.63) is 101 Å². The fourth-order valence-corrected chi connectivity index (χ4v) is 6.96. The smallest absolute Gasteiger partial charge is 0.356 e. The number of carbonyl (C=O) groups is 3. The van der Waals surface area contributed by atoms with Crippen molar-refractivity contribution in [2.24, 2.45) is 5.92 Å². The molecule has 3 N–H and O–H groups in total. The fourth-order valence-electron chi connectivity index (χ4n) is 6.96. The summed E-state index contributed by atoms with van der Waals surface area (Å²) in [5.74, 6) is -1.66. The summed E-state index contributed by atoms with van der Waals surface area (Å²) >= 11 is 0. The highest BCUT2D eigenvalue weighted by Crippen LogP contribution is 2.27. The number of aromatic nitrogens is 1. The molecule has 2 heterocycles. The molecule has 1 aromatic heterocycles. The normalized spacial score (nSPS) is 18.2. The van der Waals surface area contributed by atoms with Crippen LogP contribution < -0.4 is 5.32 Å². The van der Waals surface area contributed by atoms with Gasteiger partial charge < -0.3 is 15.2 Å². The Morgan fingerprint density at radius 3 is 2.28 bits per heavy atom. The number of ether oxygens (including phenoxy) is 1. The molecule has 0 spiro atoms. The largest absolute Gasteiger partial charge is 0.461 e. The van der Waals surface area contributed by atoms with Gasteiger partial charge in [-0.2, -0.15) is 0 Å². The summed E-state index contributed by atoms with van der Waals surface area (Å²) < 4.78 is 5.04. The van der Waals surface area contributed by atoms with Gasteiger partial charge in [0, 0.05) is 50.4 Å². The molecule has 268 valence electrons. The van der Waals surface area contributed by atoms with Crippen molar-refractivity contribution in [1.29, 1.82) is 0 Å². The van der Waals surface area contributed by atoms with Gasteiger partial charge in [0.2, 0.25) is 11.8 Å². The molecule has 2 amide bonds. The molecular formula is C39H51N5O6. The molecule has 3 unspecified atom stereocenters. The van der Waals surface area contributed by atoms with Crippen LogP contribution in [0, 0.1) is 5.92 Å². The Bertz CT molecular complexity index is 1570. The maximum atomic E-state index is 13.9. The number of aliphatic hydroxyl groups excluding tert-OH is 1. The Kier molecular flexibility index (Phi) is 12.4. The Balaban J connectivity index is 1.27. The van der Waals surface area contributed by atoms with Gasteiger partial charge in [-0.25, -0.2) is 14.8 Å². The summed E-state index contributed by atoms with van der Waals surface area (Å²) in [6.07, 6.45) is 2.41. The lowest BCUT2D eigenvalue weighted by Crippen LogP contribution is -2.62. The van der Waals surface area contributed by atoms with E-state index in [1.54, 1.807) is 19.2 Å². The highest BCUT2D eigenvalue weighted by Gasteiger charge is 2.37. The minimum atomic E-state index is -0.919. The molecule has 0 saturated carbocycles. The van der Waals surface area contributed by atoms with Crippen LogP contribution in [0.1, 0.15) is 66.9 Å². The molecule has 3 aromatic rings. The molecule has 0 bridgehead atoms. The summed E-state index contributed by atoms with van der Waals surface area (Å²) in [4.78, 5) is 48.0. The van der Waals surface area contributed by atoms with Gasteiger partial charge in [-0.05, 0) is 81.7 Å². The first-order chi connectivity index (χ1) is 23.9. The average Bonchev–Trinajstić information content (AvgIpc) is 3.53. The quantitative estimate of drug-likeness (QED) is 0.140. The number of esters is 1. The lowest BCUT2D eigenvalue weighted by atomic mass is 9.91. The number of aliphatic hydroxyl groups is 1. The van der Waals surface area contributed by atoms with Crippen LogP contribution in [0.25, 0.3) is 0 Å². The van der Waals surface area contributed by atoms with Gasteiger partial charge in [-0.1, -0.05) is 60.7 Å². The van der Waals surface area contributed by atoms with E-state index in [0.717, 1.165) is 27.3 Å². The van der Waals surface area contributed by atoms with Gasteiger partial charge in [-0.15, -0.1) is 0 Å². The summed E-state index contributed by atoms with van der Waals surface area (Å²) in [6.45, 7) is 10.2. The van der Waals surface area contributed by atoms with Gasteiger partial charge in [0.25, 0.3) is 0 Å². The first kappa shape index (κ1) is 37.1. The number of rotatable bonds is 13. The van der Waals surface area contributed by atoms with Gasteiger partial charge in [0.15, 0.2) is 0 Å². The number of β-amino-alcohol motifs (C(OH)–C–C–N with tert-alkyl or cyclic N) is 1. The Labute approximate surface area is 295 Å². The van der Waals surface area contributed by atoms with Crippen molar-refractivity contribution in [2.75, 3.05) is 32.8 Å². The van der Waals surface area contributed by atoms with E-state index in [0.29, 0.717) is 45.4 Å². The van der Waals surface area contributed by atoms with Crippen LogP contribution in [0.2, 0.25) is 0 Å². The van der Waals surface area contributed by atoms with E-state index in [1.807, 2.05) is 86.3 Å². The lowest BCUT2D eigenvalue weighted by molar-refractivity contribution is -0.181. The standard InChI is InChI=1S/C39H51N5O6/c1-5-50-38(48)34-16-15-28(23-40-34)24-42-17-18-43(35(26-42)36(46)41-39(2,3)4)25-33(45)22-31(19-27-11-7-6-8-12-27)37(47)44(49)32-20-29-13-9-10-14-30(29)21-32/h6-16,23,31-33,35,45,49H,5,17-22,24-26H2,1-4H3,(H,41,46). The molecule has 1 fully saturated rings. The number of nitrogens with zero attached hydrogens (tertiary/aromatic N) is 4. The van der Waals surface area contributed by atoms with Gasteiger partial charge in [0.05, 0.1) is 18.8 Å². The number of carbonyl (C=O) groups excluding carboxylic acids is 3. The third-order valence-electron chi connectivity index (χ3n) is 9.37. The summed E-state index contributed by atoms with van der Waals surface area (Å²) in [5, 5.41) is 26.8. The van der Waals surface area contributed by atoms with Crippen LogP contribution >= 0.6 is 0 Å². The molecule has 3 atom stereocenters. The zero-order valence-corrected chi connectivity index (χ0v) is 29.6. The molecule has 50 heavy (non-hydrogen) atoms. The molecule has 11 nitrogen and oxygen atoms in total. The maximum absolute atomic E-state index is 13.9. The predicted molar refractivity (Wildman–Crippen MR) is 189 cm³/mol. The van der Waals surface area contributed by atoms with Gasteiger partial charge in [-0.3, -0.25) is 24.6 Å². The predicted octanol–water partition coefficient (Wildman–Crippen LogP) is 3.65. The summed E-state index contributed by atoms with van der Waals surface area (Å²) in [7, 11) is 0. The van der Waals surface area contributed by atoms with Crippen molar-refractivity contribution in [3.8, 4) is 0 Å². The van der Waals surface area contributed by atoms with E-state index in [9.17, 15) is 24.7 Å². The molecule has 5 rings (SSSR count). The number of piperazine rings is 1. The molecule has 1 aliphatic carbocycles. The minimum absolute atomic E-state index is 0.135. The molecule has 1 saturated heterocycles. The molecular weight excluding hydrogens is 634 g/mol. The minimum Gasteiger partial charge on any atom is -0.461 e. The zero-order valence-electron chi connectivity index (χ0n) is 29.6. The Hall–Kier alpha value is -4.16. The molecule has 2 aliphatic rings. The molecule has 2 aromatic carbocycles. The Morgan fingerprint density at radius 1 is 0.980 bits per heavy atom. The highest BCUT2D eigenvalue weighted by atomic mass is 16.5. The number of hydrogen-bond donors (Lipinski definition) is 3. The summed E-state index contributed by atoms with van der Waals surface area (Å²) in [6, 6.07) is 20.2. The number of benzene rings is 2. The fraction of sp³-hybridized carbons (Fsp3) is 0.487. The second kappa shape index (κ2) is 16.7. The average molecular weight is 686 g/mol. The highest BCUT2D eigenvalue weighted by molar-refractivity contribution is 5.87. The van der Waals surface area contributed by atoms with Crippen molar-refractivity contribution in [3.63, 3.8) is 0 Å². The first-order valence-electron chi connectivity index (χ1n) is 17.6. The first-order valence-corrected chi connectivity index (χ1v) is 17.6. The second-order valence-corrected chi connectivity index (χ2v) is 14.5. The molecule has 1 aliphatic heterocycles. The third kappa shape index (κ3) is 9.97. The van der Waals surface area contributed by atoms with Crippen molar-refractivity contribution in [2.45, 2.75) is 83.6 Å². The van der Waals surface area contributed by atoms with Gasteiger partial charge in [0.1, 0.15) is 11.7 Å². The lowest BCUT2D eigenvalue weighted by Gasteiger charge is -2.42. The van der Waals surface area contributed by atoms with E-state index in [1.165, 1.54) is 0 Å². The third-order valence-corrected chi connectivity index (χ3v) is 9.37. The van der Waals surface area contributed by atoms with E-state index >= 15 is 0 Å². The SMILES string of the molecule is CCOC(=O)c1ccc(CN2CCN(CC(O)CC(Cc3ccccc3)C(=O)N(O)C3Cc4ccccc4C3)C(C(=O)NC(C)(C)C)C2)cn1. The van der Waals surface area contributed by atoms with Crippen LogP contribution in [-0.2, 0) is 40.1 Å². The van der Waals surface area contributed by atoms with E-state index in [-0.39, 0.29) is 37.2 Å². The van der Waals surface area contributed by atoms with E-state index < -0.39 is 35.5 Å². The van der Waals surface area contributed by atoms with Crippen LogP contribution in [0.3, 0.4) is 0 Å². The van der Waals surface area contributed by atoms with Crippen LogP contribution in [0.4, 0.5) is 0 Å². The number of hydroxylamine groups is 2. The molecule has 0 radical (unpaired) electrons. The van der Waals surface area contributed by atoms with Gasteiger partial charge >= 0.3 is 5.97 Å². The Morgan fingerprint density at radius 2 is 1.66 bits per heavy atom. The number of amides is 2.